The molecule has 1 amide bonds. The van der Waals surface area contributed by atoms with Crippen LogP contribution in [-0.4, -0.2) is 47.7 Å². The number of hydrogen-bond acceptors (Lipinski definition) is 4. The van der Waals surface area contributed by atoms with Crippen molar-refractivity contribution in [1.29, 1.82) is 0 Å². The number of anilines is 1. The van der Waals surface area contributed by atoms with Gasteiger partial charge in [0.15, 0.2) is 0 Å². The van der Waals surface area contributed by atoms with Gasteiger partial charge in [-0.1, -0.05) is 25.1 Å². The van der Waals surface area contributed by atoms with Gasteiger partial charge in [0, 0.05) is 41.7 Å². The van der Waals surface area contributed by atoms with Crippen LogP contribution < -0.4 is 4.72 Å². The van der Waals surface area contributed by atoms with E-state index in [0.717, 1.165) is 48.7 Å². The summed E-state index contributed by atoms with van der Waals surface area (Å²) < 4.78 is 27.6. The van der Waals surface area contributed by atoms with Crippen LogP contribution in [0.2, 0.25) is 0 Å². The third-order valence-electron chi connectivity index (χ3n) is 5.79. The van der Waals surface area contributed by atoms with Crippen molar-refractivity contribution in [1.82, 2.24) is 14.5 Å². The fraction of sp³-hybridized carbons (Fsp3) is 0.333. The van der Waals surface area contributed by atoms with Crippen molar-refractivity contribution in [3.05, 3.63) is 60.3 Å². The summed E-state index contributed by atoms with van der Waals surface area (Å²) >= 11 is 0. The van der Waals surface area contributed by atoms with E-state index in [9.17, 15) is 13.2 Å². The molecule has 3 aromatic rings. The van der Waals surface area contributed by atoms with Crippen LogP contribution in [0.4, 0.5) is 5.69 Å². The first-order chi connectivity index (χ1) is 15.4. The average molecular weight is 453 g/mol. The Bertz CT molecular complexity index is 1260. The molecule has 7 nitrogen and oxygen atoms in total. The molecule has 1 aliphatic rings. The van der Waals surface area contributed by atoms with Crippen LogP contribution in [0.1, 0.15) is 38.2 Å². The van der Waals surface area contributed by atoms with Crippen molar-refractivity contribution in [2.75, 3.05) is 17.5 Å². The Kier molecular flexibility index (Phi) is 6.32. The molecule has 2 aromatic heterocycles. The number of carbonyl (C=O) groups excluding carboxylic acids is 1. The summed E-state index contributed by atoms with van der Waals surface area (Å²) in [6.45, 7) is 2.92. The average Bonchev–Trinajstić information content (AvgIpc) is 3.15. The van der Waals surface area contributed by atoms with E-state index in [4.69, 9.17) is 5.10 Å². The molecular weight excluding hydrogens is 424 g/mol. The van der Waals surface area contributed by atoms with E-state index >= 15 is 0 Å². The summed E-state index contributed by atoms with van der Waals surface area (Å²) in [5, 5.41) is 4.71. The van der Waals surface area contributed by atoms with Crippen LogP contribution in [0, 0.1) is 0 Å². The molecule has 1 fully saturated rings. The monoisotopic (exact) mass is 452 g/mol. The predicted octanol–water partition coefficient (Wildman–Crippen LogP) is 4.18. The molecule has 0 saturated carbocycles. The largest absolute Gasteiger partial charge is 0.336 e. The number of aromatic nitrogens is 2. The smallest absolute Gasteiger partial charge is 0.246 e. The summed E-state index contributed by atoms with van der Waals surface area (Å²) in [4.78, 5) is 15.0. The van der Waals surface area contributed by atoms with E-state index in [1.165, 1.54) is 6.42 Å². The molecule has 3 heterocycles. The zero-order valence-corrected chi connectivity index (χ0v) is 19.2. The van der Waals surface area contributed by atoms with Crippen LogP contribution >= 0.6 is 0 Å². The zero-order chi connectivity index (χ0) is 22.7. The third-order valence-corrected chi connectivity index (χ3v) is 6.40. The van der Waals surface area contributed by atoms with Gasteiger partial charge in [-0.05, 0) is 56.0 Å². The highest BCUT2D eigenvalue weighted by molar-refractivity contribution is 7.92. The fourth-order valence-electron chi connectivity index (χ4n) is 4.31. The van der Waals surface area contributed by atoms with Crippen molar-refractivity contribution in [2.24, 2.45) is 0 Å². The van der Waals surface area contributed by atoms with E-state index in [2.05, 4.69) is 11.6 Å². The fourth-order valence-corrected chi connectivity index (χ4v) is 4.86. The summed E-state index contributed by atoms with van der Waals surface area (Å²) in [6, 6.07) is 13.2. The van der Waals surface area contributed by atoms with Crippen molar-refractivity contribution in [2.45, 2.75) is 38.6 Å². The number of rotatable bonds is 6. The lowest BCUT2D eigenvalue weighted by molar-refractivity contribution is -0.129. The van der Waals surface area contributed by atoms with E-state index in [0.29, 0.717) is 17.4 Å². The molecule has 168 valence electrons. The molecule has 0 aliphatic carbocycles. The number of likely N-dealkylation sites (tertiary alicyclic amines) is 1. The minimum absolute atomic E-state index is 0.0188. The van der Waals surface area contributed by atoms with Gasteiger partial charge in [-0.3, -0.25) is 9.52 Å². The standard InChI is InChI=1S/C24H28N4O3S/c1-3-20-11-4-6-15-27(20)23(29)14-13-21-22-12-5-7-16-28(22)25-24(21)18-9-8-10-19(17-18)26-32(2,30)31/h5,7-10,12-14,16-17,20,26H,3-4,6,11,15H2,1-2H3/b14-13+. The second-order valence-electron chi connectivity index (χ2n) is 8.17. The van der Waals surface area contributed by atoms with Gasteiger partial charge in [0.05, 0.1) is 11.8 Å². The molecule has 32 heavy (non-hydrogen) atoms. The molecule has 8 heteroatoms. The van der Waals surface area contributed by atoms with Gasteiger partial charge in [-0.25, -0.2) is 12.9 Å². The van der Waals surface area contributed by atoms with Gasteiger partial charge in [0.1, 0.15) is 5.69 Å². The normalized spacial score (nSPS) is 17.2. The first kappa shape index (κ1) is 22.1. The van der Waals surface area contributed by atoms with Crippen LogP contribution in [0.5, 0.6) is 0 Å². The number of nitrogens with one attached hydrogen (secondary N) is 1. The molecule has 1 aliphatic heterocycles. The molecule has 0 radical (unpaired) electrons. The van der Waals surface area contributed by atoms with Gasteiger partial charge in [-0.2, -0.15) is 5.10 Å². The Morgan fingerprint density at radius 3 is 2.84 bits per heavy atom. The molecule has 1 aromatic carbocycles. The van der Waals surface area contributed by atoms with Crippen molar-refractivity contribution < 1.29 is 13.2 Å². The first-order valence-electron chi connectivity index (χ1n) is 10.9. The van der Waals surface area contributed by atoms with Gasteiger partial charge in [0.2, 0.25) is 15.9 Å². The molecule has 1 N–H and O–H groups in total. The topological polar surface area (TPSA) is 83.8 Å². The quantitative estimate of drug-likeness (QED) is 0.569. The van der Waals surface area contributed by atoms with Crippen molar-refractivity contribution in [3.8, 4) is 11.3 Å². The minimum Gasteiger partial charge on any atom is -0.336 e. The molecule has 4 rings (SSSR count). The predicted molar refractivity (Wildman–Crippen MR) is 128 cm³/mol. The lowest BCUT2D eigenvalue weighted by atomic mass is 9.99. The summed E-state index contributed by atoms with van der Waals surface area (Å²) in [7, 11) is -3.39. The van der Waals surface area contributed by atoms with E-state index in [1.54, 1.807) is 28.8 Å². The zero-order valence-electron chi connectivity index (χ0n) is 18.4. The van der Waals surface area contributed by atoms with Crippen LogP contribution in [-0.2, 0) is 14.8 Å². The van der Waals surface area contributed by atoms with E-state index in [-0.39, 0.29) is 5.91 Å². The highest BCUT2D eigenvalue weighted by atomic mass is 32.2. The number of fused-ring (bicyclic) bond motifs is 1. The van der Waals surface area contributed by atoms with E-state index < -0.39 is 10.0 Å². The maximum absolute atomic E-state index is 13.0. The lowest BCUT2D eigenvalue weighted by Gasteiger charge is -2.34. The number of sulfonamides is 1. The van der Waals surface area contributed by atoms with Crippen molar-refractivity contribution >= 4 is 33.2 Å². The number of piperidine rings is 1. The SMILES string of the molecule is CCC1CCCCN1C(=O)/C=C/c1c(-c2cccc(NS(C)(=O)=O)c2)nn2ccccc12. The minimum atomic E-state index is -3.39. The molecule has 0 spiro atoms. The first-order valence-corrected chi connectivity index (χ1v) is 12.8. The van der Waals surface area contributed by atoms with Crippen LogP contribution in [0.3, 0.4) is 0 Å². The van der Waals surface area contributed by atoms with Gasteiger partial charge < -0.3 is 4.90 Å². The highest BCUT2D eigenvalue weighted by Crippen LogP contribution is 2.30. The second kappa shape index (κ2) is 9.16. The van der Waals surface area contributed by atoms with Gasteiger partial charge >= 0.3 is 0 Å². The Hall–Kier alpha value is -3.13. The number of nitrogens with zero attached hydrogens (tertiary/aromatic N) is 3. The Morgan fingerprint density at radius 1 is 1.22 bits per heavy atom. The molecule has 1 saturated heterocycles. The molecular formula is C24H28N4O3S. The molecule has 0 bridgehead atoms. The second-order valence-corrected chi connectivity index (χ2v) is 9.92. The molecule has 1 atom stereocenters. The third kappa shape index (κ3) is 4.85. The maximum Gasteiger partial charge on any atom is 0.246 e. The van der Waals surface area contributed by atoms with Gasteiger partial charge in [-0.15, -0.1) is 0 Å². The number of pyridine rings is 1. The Labute approximate surface area is 188 Å². The summed E-state index contributed by atoms with van der Waals surface area (Å²) in [5.74, 6) is 0.0188. The maximum atomic E-state index is 13.0. The van der Waals surface area contributed by atoms with Crippen LogP contribution in [0.15, 0.2) is 54.7 Å². The summed E-state index contributed by atoms with van der Waals surface area (Å²) in [6.07, 6.45) is 10.7. The highest BCUT2D eigenvalue weighted by Gasteiger charge is 2.24. The lowest BCUT2D eigenvalue weighted by Crippen LogP contribution is -2.42. The Morgan fingerprint density at radius 2 is 2.06 bits per heavy atom. The van der Waals surface area contributed by atoms with Crippen molar-refractivity contribution in [3.63, 3.8) is 0 Å². The summed E-state index contributed by atoms with van der Waals surface area (Å²) in [5.41, 5.74) is 3.60. The Balaban J connectivity index is 1.72. The van der Waals surface area contributed by atoms with E-state index in [1.807, 2.05) is 41.4 Å². The number of amides is 1. The number of hydrogen-bond donors (Lipinski definition) is 1. The van der Waals surface area contributed by atoms with Crippen LogP contribution in [0.25, 0.3) is 22.9 Å². The number of carbonyl (C=O) groups is 1. The van der Waals surface area contributed by atoms with Gasteiger partial charge in [0.25, 0.3) is 0 Å². The molecule has 1 unspecified atom stereocenters. The number of benzene rings is 1.